The number of benzene rings is 1. The van der Waals surface area contributed by atoms with Gasteiger partial charge in [0, 0.05) is 32.4 Å². The van der Waals surface area contributed by atoms with Gasteiger partial charge in [-0.25, -0.2) is 0 Å². The summed E-state index contributed by atoms with van der Waals surface area (Å²) in [7, 11) is 1.59. The fraction of sp³-hybridized carbons (Fsp3) is 0.286. The molecule has 7 heteroatoms. The highest BCUT2D eigenvalue weighted by Gasteiger charge is 2.26. The van der Waals surface area contributed by atoms with Crippen LogP contribution in [0.4, 0.5) is 0 Å². The van der Waals surface area contributed by atoms with Crippen molar-refractivity contribution in [3.63, 3.8) is 0 Å². The molecule has 21 heavy (non-hydrogen) atoms. The minimum Gasteiger partial charge on any atom is -0.496 e. The molecular formula is C14H14Br2ClNO2S. The topological polar surface area (TPSA) is 55.5 Å². The number of thiophene rings is 1. The number of hydrogen-bond donors (Lipinski definition) is 2. The molecule has 2 unspecified atom stereocenters. The molecule has 0 bridgehead atoms. The molecule has 1 aromatic heterocycles. The lowest BCUT2D eigenvalue weighted by molar-refractivity contribution is 0.149. The van der Waals surface area contributed by atoms with E-state index in [-0.39, 0.29) is 12.5 Å². The van der Waals surface area contributed by atoms with Crippen LogP contribution in [0.3, 0.4) is 0 Å². The summed E-state index contributed by atoms with van der Waals surface area (Å²) in [5, 5.41) is 11.3. The van der Waals surface area contributed by atoms with Crippen molar-refractivity contribution < 1.29 is 9.84 Å². The third-order valence-electron chi connectivity index (χ3n) is 3.18. The first-order valence-electron chi connectivity index (χ1n) is 6.14. The number of rotatable bonds is 5. The van der Waals surface area contributed by atoms with E-state index in [9.17, 15) is 5.11 Å². The van der Waals surface area contributed by atoms with Gasteiger partial charge in [-0.3, -0.25) is 0 Å². The first kappa shape index (κ1) is 17.2. The number of ether oxygens (including phenoxy) is 1. The van der Waals surface area contributed by atoms with Crippen molar-refractivity contribution in [2.24, 2.45) is 5.73 Å². The number of methoxy groups -OCH3 is 1. The van der Waals surface area contributed by atoms with E-state index in [0.717, 1.165) is 18.7 Å². The third kappa shape index (κ3) is 3.81. The number of halogens is 3. The summed E-state index contributed by atoms with van der Waals surface area (Å²) in [6.07, 6.45) is -0.727. The standard InChI is InChI=1S/C14H14Br2ClNO2S/c1-20-11-3-2-7(17)4-8(11)9(6-18)13(19)12-5-10(15)14(16)21-12/h2-5,9,13,19H,6,18H2,1H3. The average molecular weight is 456 g/mol. The van der Waals surface area contributed by atoms with Crippen molar-refractivity contribution >= 4 is 54.8 Å². The molecule has 0 aliphatic rings. The summed E-state index contributed by atoms with van der Waals surface area (Å²) in [5.74, 6) is 0.375. The van der Waals surface area contributed by atoms with Crippen LogP contribution >= 0.6 is 54.8 Å². The molecule has 2 atom stereocenters. The molecule has 0 amide bonds. The van der Waals surface area contributed by atoms with Crippen LogP contribution in [0.5, 0.6) is 5.75 Å². The summed E-state index contributed by atoms with van der Waals surface area (Å²) in [5.41, 5.74) is 6.69. The van der Waals surface area contributed by atoms with Gasteiger partial charge >= 0.3 is 0 Å². The molecule has 0 aliphatic heterocycles. The first-order chi connectivity index (χ1) is 9.97. The van der Waals surface area contributed by atoms with Crippen LogP contribution in [0.25, 0.3) is 0 Å². The number of aliphatic hydroxyl groups is 1. The van der Waals surface area contributed by atoms with Gasteiger partial charge in [-0.15, -0.1) is 11.3 Å². The van der Waals surface area contributed by atoms with E-state index < -0.39 is 6.10 Å². The number of hydrogen-bond acceptors (Lipinski definition) is 4. The predicted molar refractivity (Wildman–Crippen MR) is 94.5 cm³/mol. The van der Waals surface area contributed by atoms with Crippen LogP contribution in [0.2, 0.25) is 5.02 Å². The lowest BCUT2D eigenvalue weighted by atomic mass is 9.91. The van der Waals surface area contributed by atoms with Crippen LogP contribution in [0.15, 0.2) is 32.5 Å². The van der Waals surface area contributed by atoms with Gasteiger partial charge in [0.2, 0.25) is 0 Å². The summed E-state index contributed by atoms with van der Waals surface area (Å²) < 4.78 is 7.21. The Kier molecular flexibility index (Phi) is 6.11. The highest BCUT2D eigenvalue weighted by Crippen LogP contribution is 2.42. The van der Waals surface area contributed by atoms with Gasteiger partial charge in [0.15, 0.2) is 0 Å². The van der Waals surface area contributed by atoms with E-state index in [4.69, 9.17) is 22.1 Å². The highest BCUT2D eigenvalue weighted by atomic mass is 79.9. The van der Waals surface area contributed by atoms with E-state index >= 15 is 0 Å². The van der Waals surface area contributed by atoms with E-state index in [1.807, 2.05) is 6.07 Å². The van der Waals surface area contributed by atoms with Crippen LogP contribution < -0.4 is 10.5 Å². The van der Waals surface area contributed by atoms with Crippen LogP contribution in [0, 0.1) is 0 Å². The van der Waals surface area contributed by atoms with Crippen molar-refractivity contribution in [3.8, 4) is 5.75 Å². The fourth-order valence-corrected chi connectivity index (χ4v) is 4.45. The van der Waals surface area contributed by atoms with Crippen LogP contribution in [-0.4, -0.2) is 18.8 Å². The Hall–Kier alpha value is -0.110. The number of aliphatic hydroxyl groups excluding tert-OH is 1. The highest BCUT2D eigenvalue weighted by molar-refractivity contribution is 9.13. The molecule has 114 valence electrons. The molecule has 0 saturated carbocycles. The second kappa shape index (κ2) is 7.44. The average Bonchev–Trinajstić information content (AvgIpc) is 2.80. The summed E-state index contributed by atoms with van der Waals surface area (Å²) in [6.45, 7) is 0.283. The largest absolute Gasteiger partial charge is 0.496 e. The van der Waals surface area contributed by atoms with E-state index in [1.165, 1.54) is 11.3 Å². The smallest absolute Gasteiger partial charge is 0.122 e. The fourth-order valence-electron chi connectivity index (χ4n) is 2.13. The minimum atomic E-state index is -0.727. The van der Waals surface area contributed by atoms with E-state index in [2.05, 4.69) is 31.9 Å². The Labute approximate surface area is 149 Å². The van der Waals surface area contributed by atoms with Crippen molar-refractivity contribution in [2.45, 2.75) is 12.0 Å². The quantitative estimate of drug-likeness (QED) is 0.687. The maximum absolute atomic E-state index is 10.7. The summed E-state index contributed by atoms with van der Waals surface area (Å²) >= 11 is 14.4. The van der Waals surface area contributed by atoms with Crippen molar-refractivity contribution in [3.05, 3.63) is 48.0 Å². The van der Waals surface area contributed by atoms with Crippen molar-refractivity contribution in [2.75, 3.05) is 13.7 Å². The van der Waals surface area contributed by atoms with Crippen molar-refractivity contribution in [1.29, 1.82) is 0 Å². The molecule has 0 spiro atoms. The third-order valence-corrected chi connectivity index (χ3v) is 6.74. The second-order valence-corrected chi connectivity index (χ2v) is 8.14. The van der Waals surface area contributed by atoms with Crippen LogP contribution in [-0.2, 0) is 0 Å². The molecule has 0 fully saturated rings. The Bertz CT molecular complexity index is 616. The van der Waals surface area contributed by atoms with Gasteiger partial charge in [-0.05, 0) is 56.1 Å². The first-order valence-corrected chi connectivity index (χ1v) is 8.92. The molecule has 0 aliphatic carbocycles. The summed E-state index contributed by atoms with van der Waals surface area (Å²) in [4.78, 5) is 0.825. The Balaban J connectivity index is 2.41. The molecule has 2 aromatic rings. The lowest BCUT2D eigenvalue weighted by Crippen LogP contribution is -2.20. The Morgan fingerprint density at radius 2 is 2.10 bits per heavy atom. The van der Waals surface area contributed by atoms with Crippen molar-refractivity contribution in [1.82, 2.24) is 0 Å². The monoisotopic (exact) mass is 453 g/mol. The van der Waals surface area contributed by atoms with Gasteiger partial charge in [-0.1, -0.05) is 11.6 Å². The lowest BCUT2D eigenvalue weighted by Gasteiger charge is -2.23. The molecular weight excluding hydrogens is 441 g/mol. The molecule has 2 rings (SSSR count). The Morgan fingerprint density at radius 1 is 1.38 bits per heavy atom. The molecule has 3 N–H and O–H groups in total. The van der Waals surface area contributed by atoms with E-state index in [1.54, 1.807) is 25.3 Å². The maximum Gasteiger partial charge on any atom is 0.122 e. The summed E-state index contributed by atoms with van der Waals surface area (Å²) in [6, 6.07) is 7.22. The molecule has 1 heterocycles. The SMILES string of the molecule is COc1ccc(Cl)cc1C(CN)C(O)c1cc(Br)c(Br)s1. The maximum atomic E-state index is 10.7. The van der Waals surface area contributed by atoms with Gasteiger partial charge in [0.1, 0.15) is 5.75 Å². The molecule has 3 nitrogen and oxygen atoms in total. The zero-order chi connectivity index (χ0) is 15.6. The van der Waals surface area contributed by atoms with Gasteiger partial charge < -0.3 is 15.6 Å². The molecule has 1 aromatic carbocycles. The predicted octanol–water partition coefficient (Wildman–Crippen LogP) is 4.71. The molecule has 0 radical (unpaired) electrons. The second-order valence-electron chi connectivity index (χ2n) is 4.44. The van der Waals surface area contributed by atoms with Gasteiger partial charge in [0.25, 0.3) is 0 Å². The minimum absolute atomic E-state index is 0.283. The van der Waals surface area contributed by atoms with Gasteiger partial charge in [-0.2, -0.15) is 0 Å². The molecule has 0 saturated heterocycles. The zero-order valence-corrected chi connectivity index (χ0v) is 15.9. The normalized spacial score (nSPS) is 14.0. The van der Waals surface area contributed by atoms with Crippen LogP contribution in [0.1, 0.15) is 22.5 Å². The van der Waals surface area contributed by atoms with E-state index in [0.29, 0.717) is 10.8 Å². The number of nitrogens with two attached hydrogens (primary N) is 1. The Morgan fingerprint density at radius 3 is 2.62 bits per heavy atom. The zero-order valence-electron chi connectivity index (χ0n) is 11.1. The van der Waals surface area contributed by atoms with Gasteiger partial charge in [0.05, 0.1) is 17.0 Å².